The quantitative estimate of drug-likeness (QED) is 0.792. The molecule has 7 nitrogen and oxygen atoms in total. The molecule has 1 fully saturated rings. The fraction of sp³-hybridized carbons (Fsp3) is 0.524. The summed E-state index contributed by atoms with van der Waals surface area (Å²) < 4.78 is 22.9. The molecule has 28 heavy (non-hydrogen) atoms. The van der Waals surface area contributed by atoms with Gasteiger partial charge in [0.25, 0.3) is 11.8 Å². The molecular weight excluding hydrogens is 360 g/mol. The molecule has 0 spiro atoms. The number of hydrogen-bond donors (Lipinski definition) is 0. The van der Waals surface area contributed by atoms with Crippen LogP contribution in [0.5, 0.6) is 0 Å². The molecule has 1 aromatic carbocycles. The van der Waals surface area contributed by atoms with Crippen molar-refractivity contribution >= 4 is 23.8 Å². The fourth-order valence-electron chi connectivity index (χ4n) is 2.96. The minimum absolute atomic E-state index is 0.244. The Hall–Kier alpha value is -2.70. The Bertz CT molecular complexity index is 853. The third-order valence-corrected chi connectivity index (χ3v) is 4.08. The summed E-state index contributed by atoms with van der Waals surface area (Å²) in [6.07, 6.45) is -2.85. The zero-order valence-corrected chi connectivity index (χ0v) is 17.1. The minimum Gasteiger partial charge on any atom is -0.443 e. The number of nitrogens with zero attached hydrogens (tertiary/aromatic N) is 2. The van der Waals surface area contributed by atoms with Crippen LogP contribution in [-0.2, 0) is 25.5 Å². The van der Waals surface area contributed by atoms with Gasteiger partial charge in [-0.1, -0.05) is 44.2 Å². The predicted octanol–water partition coefficient (Wildman–Crippen LogP) is 2.77. The van der Waals surface area contributed by atoms with E-state index in [9.17, 15) is 19.2 Å². The number of piperazine rings is 1. The van der Waals surface area contributed by atoms with E-state index in [0.29, 0.717) is 9.80 Å². The van der Waals surface area contributed by atoms with E-state index in [1.165, 1.54) is 12.1 Å². The van der Waals surface area contributed by atoms with Crippen LogP contribution in [0.3, 0.4) is 0 Å². The van der Waals surface area contributed by atoms with Crippen LogP contribution in [-0.4, -0.2) is 51.3 Å². The van der Waals surface area contributed by atoms with Gasteiger partial charge in [-0.2, -0.15) is 0 Å². The van der Waals surface area contributed by atoms with E-state index in [2.05, 4.69) is 0 Å². The molecule has 1 heterocycles. The molecule has 1 aliphatic heterocycles. The van der Waals surface area contributed by atoms with Crippen molar-refractivity contribution in [3.63, 3.8) is 0 Å². The van der Waals surface area contributed by atoms with Crippen molar-refractivity contribution in [3.8, 4) is 0 Å². The summed E-state index contributed by atoms with van der Waals surface area (Å²) in [4.78, 5) is 53.2. The maximum Gasteiger partial charge on any atom is 0.417 e. The van der Waals surface area contributed by atoms with Crippen molar-refractivity contribution in [1.29, 1.82) is 0 Å². The van der Waals surface area contributed by atoms with Crippen LogP contribution in [0.1, 0.15) is 49.8 Å². The smallest absolute Gasteiger partial charge is 0.417 e. The first-order chi connectivity index (χ1) is 13.7. The highest BCUT2D eigenvalue weighted by Gasteiger charge is 2.52. The van der Waals surface area contributed by atoms with Gasteiger partial charge in [0, 0.05) is 14.7 Å². The Kier molecular flexibility index (Phi) is 5.41. The second kappa shape index (κ2) is 8.12. The van der Waals surface area contributed by atoms with E-state index in [-0.39, 0.29) is 5.56 Å². The molecule has 3 atom stereocenters. The van der Waals surface area contributed by atoms with E-state index in [0.717, 1.165) is 6.92 Å². The molecule has 7 heteroatoms. The Balaban J connectivity index is 2.71. The number of ether oxygens (including phenoxy) is 1. The summed E-state index contributed by atoms with van der Waals surface area (Å²) in [5.74, 6) is -3.27. The highest BCUT2D eigenvalue weighted by atomic mass is 16.6. The van der Waals surface area contributed by atoms with Gasteiger partial charge < -0.3 is 4.74 Å². The van der Waals surface area contributed by atoms with Gasteiger partial charge in [-0.05, 0) is 32.3 Å². The van der Waals surface area contributed by atoms with Crippen LogP contribution in [0.2, 0.25) is 0 Å². The number of imide groups is 2. The molecule has 1 saturated heterocycles. The first-order valence-electron chi connectivity index (χ1n) is 10.2. The minimum atomic E-state index is -2.71. The molecule has 0 radical (unpaired) electrons. The van der Waals surface area contributed by atoms with E-state index in [1.54, 1.807) is 52.8 Å². The number of benzene rings is 1. The van der Waals surface area contributed by atoms with Crippen molar-refractivity contribution in [2.45, 2.75) is 65.6 Å². The Morgan fingerprint density at radius 2 is 1.71 bits per heavy atom. The summed E-state index contributed by atoms with van der Waals surface area (Å²) in [7, 11) is 0. The van der Waals surface area contributed by atoms with Crippen LogP contribution in [0.4, 0.5) is 4.79 Å². The van der Waals surface area contributed by atoms with Gasteiger partial charge in [0.15, 0.2) is 0 Å². The van der Waals surface area contributed by atoms with Crippen molar-refractivity contribution in [2.24, 2.45) is 5.92 Å². The molecule has 0 unspecified atom stereocenters. The average Bonchev–Trinajstić information content (AvgIpc) is 2.62. The number of carbonyl (C=O) groups excluding carboxylic acids is 4. The highest BCUT2D eigenvalue weighted by Crippen LogP contribution is 2.27. The second-order valence-electron chi connectivity index (χ2n) is 7.98. The summed E-state index contributed by atoms with van der Waals surface area (Å²) in [5, 5.41) is 0. The molecule has 0 N–H and O–H groups in total. The predicted molar refractivity (Wildman–Crippen MR) is 103 cm³/mol. The first kappa shape index (κ1) is 18.7. The van der Waals surface area contributed by atoms with Crippen LogP contribution < -0.4 is 0 Å². The van der Waals surface area contributed by atoms with Crippen LogP contribution in [0, 0.1) is 5.92 Å². The van der Waals surface area contributed by atoms with Crippen molar-refractivity contribution < 1.29 is 26.7 Å². The maximum absolute atomic E-state index is 13.4. The summed E-state index contributed by atoms with van der Waals surface area (Å²) in [6, 6.07) is 3.99. The normalized spacial score (nSPS) is 25.3. The molecule has 1 aromatic rings. The topological polar surface area (TPSA) is 84.0 Å². The van der Waals surface area contributed by atoms with Gasteiger partial charge in [0.05, 0.1) is 1.37 Å². The third-order valence-electron chi connectivity index (χ3n) is 4.08. The Labute approximate surface area is 168 Å². The zero-order chi connectivity index (χ0) is 23.0. The van der Waals surface area contributed by atoms with E-state index < -0.39 is 53.8 Å². The number of hydrogen-bond acceptors (Lipinski definition) is 5. The lowest BCUT2D eigenvalue weighted by atomic mass is 9.93. The molecule has 0 saturated carbocycles. The van der Waals surface area contributed by atoms with Crippen molar-refractivity contribution in [3.05, 3.63) is 35.9 Å². The third kappa shape index (κ3) is 4.58. The van der Waals surface area contributed by atoms with Gasteiger partial charge in [-0.15, -0.1) is 0 Å². The molecule has 152 valence electrons. The molecule has 1 aliphatic rings. The van der Waals surface area contributed by atoms with Crippen molar-refractivity contribution in [2.75, 3.05) is 0 Å². The lowest BCUT2D eigenvalue weighted by Crippen LogP contribution is -2.69. The molecule has 0 aromatic heterocycles. The van der Waals surface area contributed by atoms with Crippen molar-refractivity contribution in [1.82, 2.24) is 9.80 Å². The Morgan fingerprint density at radius 1 is 1.14 bits per heavy atom. The summed E-state index contributed by atoms with van der Waals surface area (Å²) in [6.45, 7) is 9.14. The monoisotopic (exact) mass is 390 g/mol. The van der Waals surface area contributed by atoms with Gasteiger partial charge in [0.1, 0.15) is 17.7 Å². The number of rotatable bonds is 3. The van der Waals surface area contributed by atoms with Gasteiger partial charge in [0.2, 0.25) is 5.91 Å². The van der Waals surface area contributed by atoms with Gasteiger partial charge >= 0.3 is 6.09 Å². The van der Waals surface area contributed by atoms with E-state index in [4.69, 9.17) is 7.48 Å². The number of carbonyl (C=O) groups is 4. The van der Waals surface area contributed by atoms with Gasteiger partial charge in [-0.3, -0.25) is 19.3 Å². The van der Waals surface area contributed by atoms with E-state index >= 15 is 0 Å². The Morgan fingerprint density at radius 3 is 2.18 bits per heavy atom. The highest BCUT2D eigenvalue weighted by molar-refractivity contribution is 6.10. The summed E-state index contributed by atoms with van der Waals surface area (Å²) in [5.41, 5.74) is -0.759. The lowest BCUT2D eigenvalue weighted by molar-refractivity contribution is -0.168. The van der Waals surface area contributed by atoms with Crippen LogP contribution >= 0.6 is 0 Å². The average molecular weight is 390 g/mol. The fourth-order valence-corrected chi connectivity index (χ4v) is 2.96. The van der Waals surface area contributed by atoms with Gasteiger partial charge in [-0.25, -0.2) is 9.69 Å². The molecule has 0 bridgehead atoms. The van der Waals surface area contributed by atoms with Crippen LogP contribution in [0.15, 0.2) is 30.3 Å². The number of amides is 4. The molecule has 4 amide bonds. The molecule has 2 rings (SSSR count). The second-order valence-corrected chi connectivity index (χ2v) is 7.98. The molecule has 0 aliphatic carbocycles. The lowest BCUT2D eigenvalue weighted by Gasteiger charge is -2.44. The standard InChI is InChI=1S/C21H28N2O5/c1-13(2)17-19(26)23(20(27)28-21(4,5)6)16(18(25)22(17)14(3)24)12-15-10-8-7-9-11-15/h7-11,13,16-17H,12H2,1-6H3/t16-,17-/m0/s1/i12D,16D/t12-,16+,17+/m1. The SMILES string of the molecule is [2H][C@H](c1ccccc1)[C@@]1([2H])C(=O)N(C(C)=O)[C@@H](C(C)C)C(=O)N1C(=O)OC(C)(C)C. The van der Waals surface area contributed by atoms with Crippen LogP contribution in [0.25, 0.3) is 0 Å². The maximum atomic E-state index is 13.4. The summed E-state index contributed by atoms with van der Waals surface area (Å²) >= 11 is 0. The van der Waals surface area contributed by atoms with E-state index in [1.807, 2.05) is 0 Å². The zero-order valence-electron chi connectivity index (χ0n) is 19.1. The first-order valence-corrected chi connectivity index (χ1v) is 9.12. The molecular formula is C21H28N2O5. The largest absolute Gasteiger partial charge is 0.443 e.